The number of rotatable bonds is 5. The Balaban J connectivity index is 1.32. The Morgan fingerprint density at radius 2 is 1.90 bits per heavy atom. The van der Waals surface area contributed by atoms with Crippen LogP contribution in [0.1, 0.15) is 34.6 Å². The summed E-state index contributed by atoms with van der Waals surface area (Å²) in [7, 11) is -2.87. The van der Waals surface area contributed by atoms with Gasteiger partial charge in [0.15, 0.2) is 9.84 Å². The highest BCUT2D eigenvalue weighted by Gasteiger charge is 2.25. The highest BCUT2D eigenvalue weighted by atomic mass is 32.2. The first-order valence-corrected chi connectivity index (χ1v) is 12.1. The van der Waals surface area contributed by atoms with Gasteiger partial charge in [0.05, 0.1) is 11.5 Å². The summed E-state index contributed by atoms with van der Waals surface area (Å²) >= 11 is 0. The van der Waals surface area contributed by atoms with Crippen molar-refractivity contribution < 1.29 is 13.2 Å². The van der Waals surface area contributed by atoms with E-state index >= 15 is 0 Å². The second kappa shape index (κ2) is 8.67. The molecule has 0 bridgehead atoms. The van der Waals surface area contributed by atoms with Crippen molar-refractivity contribution >= 4 is 15.7 Å². The number of piperidine rings is 1. The standard InChI is InChI=1S/C21H28N4O3S/c26-21(25-8-4-17(5-9-25)15-20-22-6-7-23-20)19-3-1-2-18(14-19)16-24-10-12-29(27,28)13-11-24/h1-3,6-7,14,17H,4-5,8-13,15-16H2,(H,22,23). The summed E-state index contributed by atoms with van der Waals surface area (Å²) < 4.78 is 23.2. The van der Waals surface area contributed by atoms with E-state index in [-0.39, 0.29) is 17.4 Å². The Bertz CT molecular complexity index is 921. The fraction of sp³-hybridized carbons (Fsp3) is 0.524. The second-order valence-electron chi connectivity index (χ2n) is 8.10. The molecule has 3 heterocycles. The van der Waals surface area contributed by atoms with Crippen LogP contribution in [-0.2, 0) is 22.8 Å². The van der Waals surface area contributed by atoms with Crippen molar-refractivity contribution in [1.82, 2.24) is 19.8 Å². The third kappa shape index (κ3) is 5.25. The van der Waals surface area contributed by atoms with Crippen LogP contribution >= 0.6 is 0 Å². The monoisotopic (exact) mass is 416 g/mol. The number of likely N-dealkylation sites (tertiary alicyclic amines) is 1. The quantitative estimate of drug-likeness (QED) is 0.802. The fourth-order valence-corrected chi connectivity index (χ4v) is 5.45. The zero-order valence-corrected chi connectivity index (χ0v) is 17.4. The van der Waals surface area contributed by atoms with E-state index in [2.05, 4.69) is 14.9 Å². The van der Waals surface area contributed by atoms with E-state index in [0.717, 1.165) is 49.3 Å². The average molecular weight is 417 g/mol. The molecule has 4 rings (SSSR count). The van der Waals surface area contributed by atoms with E-state index in [0.29, 0.717) is 25.6 Å². The molecule has 8 heteroatoms. The molecular weight excluding hydrogens is 388 g/mol. The van der Waals surface area contributed by atoms with Gasteiger partial charge in [-0.3, -0.25) is 9.69 Å². The molecule has 2 fully saturated rings. The molecular formula is C21H28N4O3S. The predicted molar refractivity (Wildman–Crippen MR) is 111 cm³/mol. The highest BCUT2D eigenvalue weighted by Crippen LogP contribution is 2.22. The van der Waals surface area contributed by atoms with Crippen LogP contribution in [0.5, 0.6) is 0 Å². The summed E-state index contributed by atoms with van der Waals surface area (Å²) in [4.78, 5) is 24.5. The van der Waals surface area contributed by atoms with Gasteiger partial charge in [0.1, 0.15) is 5.82 Å². The summed E-state index contributed by atoms with van der Waals surface area (Å²) in [5.41, 5.74) is 1.78. The van der Waals surface area contributed by atoms with E-state index in [1.54, 1.807) is 6.20 Å². The number of aromatic amines is 1. The largest absolute Gasteiger partial charge is 0.349 e. The van der Waals surface area contributed by atoms with Crippen molar-refractivity contribution in [1.29, 1.82) is 0 Å². The zero-order chi connectivity index (χ0) is 20.3. The van der Waals surface area contributed by atoms with Crippen LogP contribution in [0.4, 0.5) is 0 Å². The predicted octanol–water partition coefficient (Wildman–Crippen LogP) is 1.73. The van der Waals surface area contributed by atoms with Gasteiger partial charge >= 0.3 is 0 Å². The maximum Gasteiger partial charge on any atom is 0.253 e. The van der Waals surface area contributed by atoms with Gasteiger partial charge in [-0.15, -0.1) is 0 Å². The van der Waals surface area contributed by atoms with E-state index in [1.807, 2.05) is 35.4 Å². The summed E-state index contributed by atoms with van der Waals surface area (Å²) in [6, 6.07) is 7.77. The first kappa shape index (κ1) is 20.1. The number of carbonyl (C=O) groups is 1. The van der Waals surface area contributed by atoms with Crippen molar-refractivity contribution in [2.45, 2.75) is 25.8 Å². The SMILES string of the molecule is O=C(c1cccc(CN2CCS(=O)(=O)CC2)c1)N1CCC(Cc2ncc[nH]2)CC1. The van der Waals surface area contributed by atoms with Gasteiger partial charge in [0, 0.05) is 57.1 Å². The lowest BCUT2D eigenvalue weighted by molar-refractivity contribution is 0.0689. The minimum absolute atomic E-state index is 0.0875. The number of hydrogen-bond donors (Lipinski definition) is 1. The van der Waals surface area contributed by atoms with E-state index < -0.39 is 9.84 Å². The lowest BCUT2D eigenvalue weighted by Crippen LogP contribution is -2.40. The normalized spacial score (nSPS) is 20.6. The molecule has 7 nitrogen and oxygen atoms in total. The van der Waals surface area contributed by atoms with Crippen molar-refractivity contribution in [2.75, 3.05) is 37.7 Å². The van der Waals surface area contributed by atoms with Gasteiger partial charge in [-0.1, -0.05) is 12.1 Å². The van der Waals surface area contributed by atoms with Crippen molar-refractivity contribution in [2.24, 2.45) is 5.92 Å². The van der Waals surface area contributed by atoms with Crippen LogP contribution in [0.3, 0.4) is 0 Å². The van der Waals surface area contributed by atoms with Gasteiger partial charge in [-0.25, -0.2) is 13.4 Å². The first-order valence-electron chi connectivity index (χ1n) is 10.3. The number of nitrogens with one attached hydrogen (secondary N) is 1. The zero-order valence-electron chi connectivity index (χ0n) is 16.6. The van der Waals surface area contributed by atoms with Gasteiger partial charge in [0.2, 0.25) is 0 Å². The van der Waals surface area contributed by atoms with Crippen LogP contribution in [0.25, 0.3) is 0 Å². The molecule has 2 aromatic rings. The van der Waals surface area contributed by atoms with E-state index in [1.165, 1.54) is 0 Å². The molecule has 29 heavy (non-hydrogen) atoms. The van der Waals surface area contributed by atoms with E-state index in [9.17, 15) is 13.2 Å². The molecule has 2 aliphatic heterocycles. The third-order valence-electron chi connectivity index (χ3n) is 5.96. The molecule has 0 radical (unpaired) electrons. The highest BCUT2D eigenvalue weighted by molar-refractivity contribution is 7.91. The summed E-state index contributed by atoms with van der Waals surface area (Å²) in [5.74, 6) is 2.11. The molecule has 2 saturated heterocycles. The number of nitrogens with zero attached hydrogens (tertiary/aromatic N) is 3. The summed E-state index contributed by atoms with van der Waals surface area (Å²) in [6.45, 7) is 3.35. The average Bonchev–Trinajstić information content (AvgIpc) is 3.23. The van der Waals surface area contributed by atoms with Gasteiger partial charge in [-0.2, -0.15) is 0 Å². The number of H-pyrrole nitrogens is 1. The Kier molecular flexibility index (Phi) is 6.01. The Hall–Kier alpha value is -2.19. The molecule has 1 aromatic heterocycles. The smallest absolute Gasteiger partial charge is 0.253 e. The molecule has 2 aliphatic rings. The van der Waals surface area contributed by atoms with Crippen LogP contribution in [0, 0.1) is 5.92 Å². The molecule has 1 aromatic carbocycles. The number of benzene rings is 1. The van der Waals surface area contributed by atoms with Gasteiger partial charge < -0.3 is 9.88 Å². The first-order chi connectivity index (χ1) is 14.0. The van der Waals surface area contributed by atoms with Gasteiger partial charge in [-0.05, 0) is 36.5 Å². The minimum atomic E-state index is -2.87. The van der Waals surface area contributed by atoms with Crippen molar-refractivity contribution in [3.05, 3.63) is 53.6 Å². The molecule has 0 aliphatic carbocycles. The van der Waals surface area contributed by atoms with Crippen LogP contribution in [0.2, 0.25) is 0 Å². The minimum Gasteiger partial charge on any atom is -0.349 e. The Labute approximate surface area is 172 Å². The fourth-order valence-electron chi connectivity index (χ4n) is 4.18. The number of sulfone groups is 1. The number of amides is 1. The molecule has 1 amide bonds. The number of aromatic nitrogens is 2. The number of hydrogen-bond acceptors (Lipinski definition) is 5. The molecule has 1 N–H and O–H groups in total. The van der Waals surface area contributed by atoms with Gasteiger partial charge in [0.25, 0.3) is 5.91 Å². The lowest BCUT2D eigenvalue weighted by Gasteiger charge is -2.32. The molecule has 0 atom stereocenters. The lowest BCUT2D eigenvalue weighted by atomic mass is 9.93. The van der Waals surface area contributed by atoms with Crippen molar-refractivity contribution in [3.63, 3.8) is 0 Å². The number of imidazole rings is 1. The molecule has 0 unspecified atom stereocenters. The third-order valence-corrected chi connectivity index (χ3v) is 7.56. The second-order valence-corrected chi connectivity index (χ2v) is 10.4. The topological polar surface area (TPSA) is 86.4 Å². The maximum absolute atomic E-state index is 13.0. The maximum atomic E-state index is 13.0. The molecule has 0 saturated carbocycles. The molecule has 156 valence electrons. The molecule has 0 spiro atoms. The van der Waals surface area contributed by atoms with E-state index in [4.69, 9.17) is 0 Å². The van der Waals surface area contributed by atoms with Crippen molar-refractivity contribution in [3.8, 4) is 0 Å². The van der Waals surface area contributed by atoms with Crippen LogP contribution in [-0.4, -0.2) is 71.8 Å². The van der Waals surface area contributed by atoms with Crippen LogP contribution in [0.15, 0.2) is 36.7 Å². The summed E-state index contributed by atoms with van der Waals surface area (Å²) in [5, 5.41) is 0. The Morgan fingerprint density at radius 1 is 1.14 bits per heavy atom. The van der Waals surface area contributed by atoms with Crippen LogP contribution < -0.4 is 0 Å². The Morgan fingerprint density at radius 3 is 2.59 bits per heavy atom. The summed E-state index contributed by atoms with van der Waals surface area (Å²) in [6.07, 6.45) is 6.56. The number of carbonyl (C=O) groups excluding carboxylic acids is 1.